The van der Waals surface area contributed by atoms with Crippen LogP contribution in [-0.4, -0.2) is 37.2 Å². The highest BCUT2D eigenvalue weighted by molar-refractivity contribution is 6.04. The molecule has 0 bridgehead atoms. The molecule has 2 amide bonds. The Balaban J connectivity index is 1.64. The van der Waals surface area contributed by atoms with E-state index in [4.69, 9.17) is 9.47 Å². The van der Waals surface area contributed by atoms with Gasteiger partial charge in [0, 0.05) is 13.2 Å². The van der Waals surface area contributed by atoms with E-state index >= 15 is 0 Å². The highest BCUT2D eigenvalue weighted by Gasteiger charge is 2.21. The molecule has 1 fully saturated rings. The monoisotopic (exact) mass is 410 g/mol. The first-order valence-electron chi connectivity index (χ1n) is 10.5. The molecule has 1 aliphatic heterocycles. The number of anilines is 1. The van der Waals surface area contributed by atoms with Gasteiger partial charge in [0.15, 0.2) is 6.10 Å². The van der Waals surface area contributed by atoms with Crippen LogP contribution in [0.4, 0.5) is 5.69 Å². The second kappa shape index (κ2) is 10.3. The molecular formula is C24H30N2O4. The molecular weight excluding hydrogens is 380 g/mol. The number of hydrogen-bond donors (Lipinski definition) is 2. The van der Waals surface area contributed by atoms with Crippen LogP contribution in [0.5, 0.6) is 5.75 Å². The van der Waals surface area contributed by atoms with Crippen LogP contribution in [0.2, 0.25) is 0 Å². The molecule has 1 saturated heterocycles. The van der Waals surface area contributed by atoms with Crippen LogP contribution in [-0.2, 0) is 9.53 Å². The van der Waals surface area contributed by atoms with Crippen LogP contribution in [0, 0.1) is 0 Å². The van der Waals surface area contributed by atoms with Gasteiger partial charge in [0.05, 0.1) is 17.4 Å². The van der Waals surface area contributed by atoms with Crippen molar-refractivity contribution in [2.75, 3.05) is 18.5 Å². The number of para-hydroxylation sites is 2. The maximum Gasteiger partial charge on any atom is 0.265 e. The maximum atomic E-state index is 12.8. The van der Waals surface area contributed by atoms with Crippen molar-refractivity contribution in [1.29, 1.82) is 0 Å². The molecule has 1 heterocycles. The van der Waals surface area contributed by atoms with E-state index in [1.54, 1.807) is 31.2 Å². The molecule has 1 aliphatic rings. The van der Waals surface area contributed by atoms with Gasteiger partial charge in [0.25, 0.3) is 11.8 Å². The number of rotatable bonds is 8. The normalized spacial score (nSPS) is 16.9. The molecule has 160 valence electrons. The minimum absolute atomic E-state index is 0.0603. The van der Waals surface area contributed by atoms with E-state index in [9.17, 15) is 9.59 Å². The number of hydrogen-bond acceptors (Lipinski definition) is 4. The molecule has 2 atom stereocenters. The van der Waals surface area contributed by atoms with E-state index in [1.165, 1.54) is 0 Å². The van der Waals surface area contributed by atoms with Crippen molar-refractivity contribution in [3.8, 4) is 5.75 Å². The number of carbonyl (C=O) groups excluding carboxylic acids is 2. The average Bonchev–Trinajstić information content (AvgIpc) is 3.26. The Morgan fingerprint density at radius 2 is 1.83 bits per heavy atom. The summed E-state index contributed by atoms with van der Waals surface area (Å²) in [5, 5.41) is 5.73. The zero-order valence-corrected chi connectivity index (χ0v) is 17.8. The average molecular weight is 411 g/mol. The fourth-order valence-electron chi connectivity index (χ4n) is 3.44. The molecule has 0 spiro atoms. The molecule has 2 aromatic carbocycles. The summed E-state index contributed by atoms with van der Waals surface area (Å²) in [4.78, 5) is 25.4. The van der Waals surface area contributed by atoms with Crippen molar-refractivity contribution in [2.45, 2.75) is 51.7 Å². The lowest BCUT2D eigenvalue weighted by atomic mass is 10.0. The molecule has 6 heteroatoms. The maximum absolute atomic E-state index is 12.8. The summed E-state index contributed by atoms with van der Waals surface area (Å²) in [6, 6.07) is 14.7. The number of carbonyl (C=O) groups is 2. The minimum atomic E-state index is -0.715. The predicted molar refractivity (Wildman–Crippen MR) is 117 cm³/mol. The zero-order valence-electron chi connectivity index (χ0n) is 17.8. The fourth-order valence-corrected chi connectivity index (χ4v) is 3.44. The number of amides is 2. The number of ether oxygens (including phenoxy) is 2. The topological polar surface area (TPSA) is 76.7 Å². The van der Waals surface area contributed by atoms with Gasteiger partial charge in [-0.3, -0.25) is 9.59 Å². The third kappa shape index (κ3) is 5.60. The minimum Gasteiger partial charge on any atom is -0.481 e. The van der Waals surface area contributed by atoms with Crippen LogP contribution >= 0.6 is 0 Å². The Bertz CT molecular complexity index is 875. The van der Waals surface area contributed by atoms with Crippen LogP contribution in [0.15, 0.2) is 48.5 Å². The third-order valence-corrected chi connectivity index (χ3v) is 5.16. The first-order chi connectivity index (χ1) is 14.5. The highest BCUT2D eigenvalue weighted by Crippen LogP contribution is 2.27. The third-order valence-electron chi connectivity index (χ3n) is 5.16. The second-order valence-electron chi connectivity index (χ2n) is 7.83. The van der Waals surface area contributed by atoms with Gasteiger partial charge in [-0.25, -0.2) is 0 Å². The van der Waals surface area contributed by atoms with E-state index in [0.29, 0.717) is 23.5 Å². The predicted octanol–water partition coefficient (Wildman–Crippen LogP) is 4.12. The van der Waals surface area contributed by atoms with Crippen LogP contribution in [0.1, 0.15) is 55.5 Å². The van der Waals surface area contributed by atoms with E-state index < -0.39 is 6.10 Å². The molecule has 6 nitrogen and oxygen atoms in total. The van der Waals surface area contributed by atoms with Crippen LogP contribution < -0.4 is 15.4 Å². The SMILES string of the molecule is CC(Oc1ccccc1C(C)C)C(=O)Nc1ccccc1C(=O)NCC1CCCO1. The van der Waals surface area contributed by atoms with E-state index in [1.807, 2.05) is 24.3 Å². The number of nitrogens with one attached hydrogen (secondary N) is 2. The van der Waals surface area contributed by atoms with Gasteiger partial charge in [0.1, 0.15) is 5.75 Å². The van der Waals surface area contributed by atoms with Crippen LogP contribution in [0.25, 0.3) is 0 Å². The van der Waals surface area contributed by atoms with Crippen LogP contribution in [0.3, 0.4) is 0 Å². The Morgan fingerprint density at radius 1 is 1.10 bits per heavy atom. The van der Waals surface area contributed by atoms with E-state index in [2.05, 4.69) is 24.5 Å². The van der Waals surface area contributed by atoms with Gasteiger partial charge in [-0.15, -0.1) is 0 Å². The Hall–Kier alpha value is -2.86. The molecule has 0 saturated carbocycles. The smallest absolute Gasteiger partial charge is 0.265 e. The molecule has 3 rings (SSSR count). The van der Waals surface area contributed by atoms with Gasteiger partial charge in [-0.2, -0.15) is 0 Å². The second-order valence-corrected chi connectivity index (χ2v) is 7.83. The largest absolute Gasteiger partial charge is 0.481 e. The molecule has 0 radical (unpaired) electrons. The van der Waals surface area contributed by atoms with E-state index in [0.717, 1.165) is 25.0 Å². The zero-order chi connectivity index (χ0) is 21.5. The Kier molecular flexibility index (Phi) is 7.46. The fraction of sp³-hybridized carbons (Fsp3) is 0.417. The van der Waals surface area contributed by atoms with Crippen molar-refractivity contribution < 1.29 is 19.1 Å². The summed E-state index contributed by atoms with van der Waals surface area (Å²) in [7, 11) is 0. The van der Waals surface area contributed by atoms with Crippen molar-refractivity contribution in [2.24, 2.45) is 0 Å². The lowest BCUT2D eigenvalue weighted by Crippen LogP contribution is -2.34. The molecule has 0 aliphatic carbocycles. The summed E-state index contributed by atoms with van der Waals surface area (Å²) in [5.41, 5.74) is 1.92. The summed E-state index contributed by atoms with van der Waals surface area (Å²) >= 11 is 0. The first kappa shape index (κ1) is 21.8. The van der Waals surface area contributed by atoms with E-state index in [-0.39, 0.29) is 23.8 Å². The summed E-state index contributed by atoms with van der Waals surface area (Å²) in [5.74, 6) is 0.426. The lowest BCUT2D eigenvalue weighted by molar-refractivity contribution is -0.122. The van der Waals surface area contributed by atoms with Gasteiger partial charge in [-0.1, -0.05) is 44.2 Å². The Labute approximate surface area is 178 Å². The molecule has 2 aromatic rings. The molecule has 2 N–H and O–H groups in total. The lowest BCUT2D eigenvalue weighted by Gasteiger charge is -2.19. The molecule has 0 aromatic heterocycles. The van der Waals surface area contributed by atoms with Crippen molar-refractivity contribution in [1.82, 2.24) is 5.32 Å². The standard InChI is InChI=1S/C24H30N2O4/c1-16(2)19-10-5-7-13-22(19)30-17(3)23(27)26-21-12-6-4-11-20(21)24(28)25-15-18-9-8-14-29-18/h4-7,10-13,16-18H,8-9,14-15H2,1-3H3,(H,25,28)(H,26,27). The molecule has 2 unspecified atom stereocenters. The molecule has 30 heavy (non-hydrogen) atoms. The summed E-state index contributed by atoms with van der Waals surface area (Å²) in [6.07, 6.45) is 1.31. The Morgan fingerprint density at radius 3 is 2.57 bits per heavy atom. The quantitative estimate of drug-likeness (QED) is 0.686. The first-order valence-corrected chi connectivity index (χ1v) is 10.5. The van der Waals surface area contributed by atoms with Crippen molar-refractivity contribution >= 4 is 17.5 Å². The summed E-state index contributed by atoms with van der Waals surface area (Å²) < 4.78 is 11.5. The van der Waals surface area contributed by atoms with Crippen molar-refractivity contribution in [3.05, 3.63) is 59.7 Å². The van der Waals surface area contributed by atoms with Gasteiger partial charge in [0.2, 0.25) is 0 Å². The number of benzene rings is 2. The van der Waals surface area contributed by atoms with Gasteiger partial charge in [-0.05, 0) is 49.4 Å². The summed E-state index contributed by atoms with van der Waals surface area (Å²) in [6.45, 7) is 7.07. The highest BCUT2D eigenvalue weighted by atomic mass is 16.5. The van der Waals surface area contributed by atoms with Crippen molar-refractivity contribution in [3.63, 3.8) is 0 Å². The van der Waals surface area contributed by atoms with Gasteiger partial charge >= 0.3 is 0 Å². The van der Waals surface area contributed by atoms with Gasteiger partial charge < -0.3 is 20.1 Å².